The normalized spacial score (nSPS) is 14.4. The predicted octanol–water partition coefficient (Wildman–Crippen LogP) is 1.27. The van der Waals surface area contributed by atoms with Crippen molar-refractivity contribution >= 4 is 45.9 Å². The van der Waals surface area contributed by atoms with Crippen molar-refractivity contribution in [2.75, 3.05) is 0 Å². The molecule has 2 aromatic heterocycles. The summed E-state index contributed by atoms with van der Waals surface area (Å²) in [4.78, 5) is 59.4. The molecule has 3 heterocycles. The number of hydrogen-bond donors (Lipinski definition) is 2. The first kappa shape index (κ1) is 17.4. The van der Waals surface area contributed by atoms with E-state index in [-0.39, 0.29) is 16.5 Å². The Kier molecular flexibility index (Phi) is 3.74. The lowest BCUT2D eigenvalue weighted by molar-refractivity contribution is -0.123. The van der Waals surface area contributed by atoms with Crippen molar-refractivity contribution in [2.24, 2.45) is 0 Å². The van der Waals surface area contributed by atoms with Crippen LogP contribution in [0, 0.1) is 13.8 Å². The summed E-state index contributed by atoms with van der Waals surface area (Å²) in [7, 11) is 0. The molecule has 4 amide bonds. The second kappa shape index (κ2) is 6.02. The fourth-order valence-corrected chi connectivity index (χ4v) is 3.10. The number of nitrogens with one attached hydrogen (secondary N) is 2. The van der Waals surface area contributed by atoms with Crippen LogP contribution in [0.5, 0.6) is 0 Å². The van der Waals surface area contributed by atoms with Gasteiger partial charge in [-0.3, -0.25) is 25.0 Å². The van der Waals surface area contributed by atoms with E-state index in [1.807, 2.05) is 10.6 Å². The Morgan fingerprint density at radius 2 is 1.57 bits per heavy atom. The average Bonchev–Trinajstić information content (AvgIpc) is 2.61. The Bertz CT molecular complexity index is 1350. The number of rotatable bonds is 1. The summed E-state index contributed by atoms with van der Waals surface area (Å²) in [5.74, 6) is -1.83. The molecule has 140 valence electrons. The van der Waals surface area contributed by atoms with Crippen LogP contribution in [0.3, 0.4) is 0 Å². The Hall–Kier alpha value is -4.01. The van der Waals surface area contributed by atoms with Crippen molar-refractivity contribution in [3.63, 3.8) is 0 Å². The Balaban J connectivity index is 1.98. The van der Waals surface area contributed by atoms with Crippen molar-refractivity contribution in [2.45, 2.75) is 13.8 Å². The molecule has 1 fully saturated rings. The molecular weight excluding hydrogens is 368 g/mol. The van der Waals surface area contributed by atoms with Gasteiger partial charge in [0.1, 0.15) is 23.0 Å². The van der Waals surface area contributed by atoms with Crippen LogP contribution < -0.4 is 21.7 Å². The van der Waals surface area contributed by atoms with Gasteiger partial charge in [-0.05, 0) is 31.6 Å². The van der Waals surface area contributed by atoms with Gasteiger partial charge in [0.25, 0.3) is 11.8 Å². The van der Waals surface area contributed by atoms with Crippen LogP contribution in [0.1, 0.15) is 16.7 Å². The van der Waals surface area contributed by atoms with Gasteiger partial charge in [-0.25, -0.2) is 9.59 Å². The third-order valence-electron chi connectivity index (χ3n) is 4.47. The largest absolute Gasteiger partial charge is 0.463 e. The summed E-state index contributed by atoms with van der Waals surface area (Å²) in [5, 5.41) is 4.63. The maximum Gasteiger partial charge on any atom is 0.336 e. The highest BCUT2D eigenvalue weighted by Crippen LogP contribution is 2.27. The number of carbonyl (C=O) groups is 3. The van der Waals surface area contributed by atoms with Crippen molar-refractivity contribution in [1.29, 1.82) is 0 Å². The van der Waals surface area contributed by atoms with E-state index in [0.29, 0.717) is 22.1 Å². The predicted molar refractivity (Wildman–Crippen MR) is 97.7 cm³/mol. The minimum absolute atomic E-state index is 0.0454. The van der Waals surface area contributed by atoms with E-state index in [0.717, 1.165) is 12.3 Å². The monoisotopic (exact) mass is 380 g/mol. The molecule has 3 aromatic rings. The minimum atomic E-state index is -0.934. The third kappa shape index (κ3) is 2.60. The van der Waals surface area contributed by atoms with Gasteiger partial charge >= 0.3 is 11.7 Å². The molecule has 9 nitrogen and oxygen atoms in total. The van der Waals surface area contributed by atoms with Crippen LogP contribution in [0.15, 0.2) is 42.4 Å². The lowest BCUT2D eigenvalue weighted by Crippen LogP contribution is -2.51. The van der Waals surface area contributed by atoms with Gasteiger partial charge in [-0.2, -0.15) is 0 Å². The highest BCUT2D eigenvalue weighted by Gasteiger charge is 2.28. The summed E-state index contributed by atoms with van der Waals surface area (Å²) in [6.45, 7) is 3.37. The van der Waals surface area contributed by atoms with Gasteiger partial charge in [0.2, 0.25) is 0 Å². The number of imide groups is 2. The number of urea groups is 1. The maximum absolute atomic E-state index is 12.9. The number of fused-ring (bicyclic) bond motifs is 2. The fraction of sp³-hybridized carbons (Fsp3) is 0.105. The number of amides is 4. The molecule has 2 N–H and O–H groups in total. The molecule has 9 heteroatoms. The molecule has 0 radical (unpaired) electrons. The first-order chi connectivity index (χ1) is 13.3. The highest BCUT2D eigenvalue weighted by atomic mass is 16.4. The molecule has 0 spiro atoms. The molecule has 1 aromatic carbocycles. The van der Waals surface area contributed by atoms with Crippen molar-refractivity contribution in [1.82, 2.24) is 10.6 Å². The number of barbiturate groups is 1. The van der Waals surface area contributed by atoms with Crippen LogP contribution in [0.2, 0.25) is 0 Å². The van der Waals surface area contributed by atoms with Crippen LogP contribution in [0.25, 0.3) is 28.0 Å². The van der Waals surface area contributed by atoms with E-state index < -0.39 is 34.5 Å². The molecule has 4 rings (SSSR count). The number of aryl methyl sites for hydroxylation is 2. The zero-order valence-corrected chi connectivity index (χ0v) is 14.7. The average molecular weight is 380 g/mol. The highest BCUT2D eigenvalue weighted by molar-refractivity contribution is 6.31. The summed E-state index contributed by atoms with van der Waals surface area (Å²) < 4.78 is 10.8. The number of carbonyl (C=O) groups excluding carboxylic acids is 3. The van der Waals surface area contributed by atoms with E-state index in [4.69, 9.17) is 8.83 Å². The second-order valence-electron chi connectivity index (χ2n) is 6.32. The van der Waals surface area contributed by atoms with Gasteiger partial charge in [0, 0.05) is 17.0 Å². The zero-order valence-electron chi connectivity index (χ0n) is 14.7. The summed E-state index contributed by atoms with van der Waals surface area (Å²) in [6, 6.07) is 1.92. The topological polar surface area (TPSA) is 136 Å². The summed E-state index contributed by atoms with van der Waals surface area (Å²) >= 11 is 0. The molecule has 0 atom stereocenters. The first-order valence-electron chi connectivity index (χ1n) is 8.14. The Labute approximate surface area is 155 Å². The third-order valence-corrected chi connectivity index (χ3v) is 4.47. The van der Waals surface area contributed by atoms with Gasteiger partial charge in [0.15, 0.2) is 5.43 Å². The minimum Gasteiger partial charge on any atom is -0.463 e. The van der Waals surface area contributed by atoms with E-state index >= 15 is 0 Å². The van der Waals surface area contributed by atoms with Crippen LogP contribution in [-0.2, 0) is 9.59 Å². The standard InChI is InChI=1S/C19H12N2O7/c1-7-3-13(22)28-16-8(2)15-11(5-10(7)16)14(23)9(6-27-15)4-12-17(24)20-19(26)21-18(12)25/h3-6H,1-2H3,(H2,20,21,24,25,26). The molecule has 0 saturated carbocycles. The molecule has 1 aliphatic rings. The van der Waals surface area contributed by atoms with E-state index in [9.17, 15) is 24.0 Å². The Morgan fingerprint density at radius 1 is 0.893 bits per heavy atom. The van der Waals surface area contributed by atoms with Gasteiger partial charge in [-0.1, -0.05) is 0 Å². The molecule has 0 bridgehead atoms. The maximum atomic E-state index is 12.9. The fourth-order valence-electron chi connectivity index (χ4n) is 3.10. The van der Waals surface area contributed by atoms with E-state index in [1.54, 1.807) is 13.8 Å². The molecule has 0 unspecified atom stereocenters. The summed E-state index contributed by atoms with van der Waals surface area (Å²) in [6.07, 6.45) is 2.15. The quantitative estimate of drug-likeness (QED) is 0.281. The summed E-state index contributed by atoms with van der Waals surface area (Å²) in [5.41, 5.74) is 0.202. The van der Waals surface area contributed by atoms with Crippen LogP contribution >= 0.6 is 0 Å². The smallest absolute Gasteiger partial charge is 0.336 e. The zero-order chi connectivity index (χ0) is 20.2. The first-order valence-corrected chi connectivity index (χ1v) is 8.14. The lowest BCUT2D eigenvalue weighted by atomic mass is 10.0. The van der Waals surface area contributed by atoms with Crippen molar-refractivity contribution < 1.29 is 23.2 Å². The second-order valence-corrected chi connectivity index (χ2v) is 6.32. The van der Waals surface area contributed by atoms with Crippen molar-refractivity contribution in [3.05, 3.63) is 61.3 Å². The van der Waals surface area contributed by atoms with Gasteiger partial charge in [0.05, 0.1) is 10.9 Å². The van der Waals surface area contributed by atoms with Crippen LogP contribution in [-0.4, -0.2) is 17.8 Å². The van der Waals surface area contributed by atoms with Gasteiger partial charge in [-0.15, -0.1) is 0 Å². The SMILES string of the molecule is Cc1cc(=O)oc2c(C)c3occ(C=C4C(=O)NC(=O)NC4=O)c(=O)c3cc12. The van der Waals surface area contributed by atoms with E-state index in [2.05, 4.69) is 0 Å². The molecular formula is C19H12N2O7. The molecule has 1 saturated heterocycles. The molecule has 1 aliphatic heterocycles. The molecule has 28 heavy (non-hydrogen) atoms. The van der Waals surface area contributed by atoms with E-state index in [1.165, 1.54) is 12.1 Å². The lowest BCUT2D eigenvalue weighted by Gasteiger charge is -2.13. The van der Waals surface area contributed by atoms with Crippen molar-refractivity contribution in [3.8, 4) is 0 Å². The number of benzene rings is 1. The van der Waals surface area contributed by atoms with Gasteiger partial charge < -0.3 is 8.83 Å². The molecule has 0 aliphatic carbocycles. The van der Waals surface area contributed by atoms with Crippen LogP contribution in [0.4, 0.5) is 4.79 Å². The Morgan fingerprint density at radius 3 is 2.25 bits per heavy atom. The number of hydrogen-bond acceptors (Lipinski definition) is 7.